The Labute approximate surface area is 162 Å². The smallest absolute Gasteiger partial charge is 0.296 e. The quantitative estimate of drug-likeness (QED) is 0.525. The highest BCUT2D eigenvalue weighted by atomic mass is 16.5. The van der Waals surface area contributed by atoms with Gasteiger partial charge >= 0.3 is 0 Å². The molecule has 0 radical (unpaired) electrons. The van der Waals surface area contributed by atoms with Crippen LogP contribution in [0.25, 0.3) is 5.69 Å². The predicted molar refractivity (Wildman–Crippen MR) is 106 cm³/mol. The van der Waals surface area contributed by atoms with Crippen LogP contribution in [0.5, 0.6) is 11.5 Å². The van der Waals surface area contributed by atoms with E-state index in [1.807, 2.05) is 30.3 Å². The summed E-state index contributed by atoms with van der Waals surface area (Å²) < 4.78 is 12.0. The van der Waals surface area contributed by atoms with Gasteiger partial charge in [-0.3, -0.25) is 9.59 Å². The van der Waals surface area contributed by atoms with Crippen LogP contribution >= 0.6 is 0 Å². The lowest BCUT2D eigenvalue weighted by molar-refractivity contribution is -0.112. The van der Waals surface area contributed by atoms with Gasteiger partial charge in [0.2, 0.25) is 0 Å². The number of methoxy groups -OCH3 is 2. The Morgan fingerprint density at radius 3 is 2.14 bits per heavy atom. The van der Waals surface area contributed by atoms with Crippen LogP contribution < -0.4 is 14.8 Å². The van der Waals surface area contributed by atoms with Crippen molar-refractivity contribution in [1.82, 2.24) is 9.78 Å². The summed E-state index contributed by atoms with van der Waals surface area (Å²) in [5, 5.41) is 7.03. The first kappa shape index (κ1) is 19.2. The van der Waals surface area contributed by atoms with E-state index in [0.717, 1.165) is 5.69 Å². The van der Waals surface area contributed by atoms with Crippen molar-refractivity contribution in [2.75, 3.05) is 19.5 Å². The molecule has 1 aromatic heterocycles. The highest BCUT2D eigenvalue weighted by Gasteiger charge is 2.25. The third-order valence-corrected chi connectivity index (χ3v) is 4.33. The Hall–Kier alpha value is -3.61. The molecule has 2 aromatic carbocycles. The van der Waals surface area contributed by atoms with Crippen LogP contribution in [0, 0.1) is 13.8 Å². The van der Waals surface area contributed by atoms with Crippen LogP contribution in [-0.4, -0.2) is 35.7 Å². The van der Waals surface area contributed by atoms with Gasteiger partial charge in [0.1, 0.15) is 11.5 Å². The van der Waals surface area contributed by atoms with Crippen molar-refractivity contribution in [2.24, 2.45) is 0 Å². The molecule has 3 aromatic rings. The number of ketones is 1. The number of carbonyl (C=O) groups excluding carboxylic acids is 2. The maximum Gasteiger partial charge on any atom is 0.296 e. The van der Waals surface area contributed by atoms with E-state index < -0.39 is 11.7 Å². The average Bonchev–Trinajstić information content (AvgIpc) is 3.01. The zero-order valence-electron chi connectivity index (χ0n) is 16.1. The minimum absolute atomic E-state index is 0.288. The molecule has 144 valence electrons. The van der Waals surface area contributed by atoms with E-state index in [4.69, 9.17) is 9.47 Å². The Kier molecular flexibility index (Phi) is 5.44. The molecule has 3 rings (SSSR count). The molecular weight excluding hydrogens is 358 g/mol. The molecule has 0 atom stereocenters. The number of nitrogens with zero attached hydrogens (tertiary/aromatic N) is 2. The summed E-state index contributed by atoms with van der Waals surface area (Å²) in [7, 11) is 3.02. The zero-order chi connectivity index (χ0) is 20.3. The summed E-state index contributed by atoms with van der Waals surface area (Å²) in [6, 6.07) is 14.3. The van der Waals surface area contributed by atoms with Gasteiger partial charge in [0.05, 0.1) is 36.9 Å². The molecule has 28 heavy (non-hydrogen) atoms. The second kappa shape index (κ2) is 7.96. The second-order valence-electron chi connectivity index (χ2n) is 6.18. The summed E-state index contributed by atoms with van der Waals surface area (Å²) in [6.45, 7) is 3.48. The number of para-hydroxylation sites is 1. The number of carbonyl (C=O) groups is 2. The maximum absolute atomic E-state index is 12.8. The minimum Gasteiger partial charge on any atom is -0.497 e. The predicted octanol–water partition coefficient (Wildman–Crippen LogP) is 3.33. The van der Waals surface area contributed by atoms with Crippen molar-refractivity contribution in [2.45, 2.75) is 13.8 Å². The van der Waals surface area contributed by atoms with Gasteiger partial charge in [-0.25, -0.2) is 4.68 Å². The number of benzene rings is 2. The summed E-state index contributed by atoms with van der Waals surface area (Å²) in [5.74, 6) is -0.397. The van der Waals surface area contributed by atoms with Gasteiger partial charge < -0.3 is 14.8 Å². The van der Waals surface area contributed by atoms with Gasteiger partial charge in [0.15, 0.2) is 0 Å². The molecule has 0 aliphatic rings. The fourth-order valence-electron chi connectivity index (χ4n) is 2.97. The van der Waals surface area contributed by atoms with Gasteiger partial charge in [-0.05, 0) is 26.0 Å². The molecule has 1 N–H and O–H groups in total. The van der Waals surface area contributed by atoms with Crippen molar-refractivity contribution in [1.29, 1.82) is 0 Å². The van der Waals surface area contributed by atoms with Gasteiger partial charge in [-0.15, -0.1) is 0 Å². The van der Waals surface area contributed by atoms with E-state index in [1.165, 1.54) is 14.2 Å². The molecule has 0 saturated carbocycles. The molecule has 0 bridgehead atoms. The summed E-state index contributed by atoms with van der Waals surface area (Å²) in [4.78, 5) is 25.4. The first-order valence-corrected chi connectivity index (χ1v) is 8.65. The molecule has 0 aliphatic heterocycles. The van der Waals surface area contributed by atoms with E-state index >= 15 is 0 Å². The molecule has 0 saturated heterocycles. The van der Waals surface area contributed by atoms with Crippen LogP contribution in [0.1, 0.15) is 21.7 Å². The molecule has 0 spiro atoms. The van der Waals surface area contributed by atoms with E-state index in [9.17, 15) is 9.59 Å². The lowest BCUT2D eigenvalue weighted by atomic mass is 10.1. The van der Waals surface area contributed by atoms with E-state index in [0.29, 0.717) is 28.6 Å². The molecule has 1 heterocycles. The fraction of sp³-hybridized carbons (Fsp3) is 0.190. The Bertz CT molecular complexity index is 1000. The van der Waals surface area contributed by atoms with Crippen molar-refractivity contribution in [3.8, 4) is 17.2 Å². The van der Waals surface area contributed by atoms with Crippen LogP contribution in [-0.2, 0) is 4.79 Å². The van der Waals surface area contributed by atoms with Crippen molar-refractivity contribution in [3.63, 3.8) is 0 Å². The number of Topliss-reactive ketones (excluding diaryl/α,β-unsaturated/α-hetero) is 1. The highest BCUT2D eigenvalue weighted by molar-refractivity contribution is 6.47. The van der Waals surface area contributed by atoms with E-state index in [-0.39, 0.29) is 5.56 Å². The summed E-state index contributed by atoms with van der Waals surface area (Å²) >= 11 is 0. The molecule has 7 heteroatoms. The monoisotopic (exact) mass is 379 g/mol. The molecule has 0 unspecified atom stereocenters. The number of anilines is 1. The first-order valence-electron chi connectivity index (χ1n) is 8.65. The van der Waals surface area contributed by atoms with Crippen molar-refractivity contribution >= 4 is 17.4 Å². The van der Waals surface area contributed by atoms with Crippen molar-refractivity contribution in [3.05, 3.63) is 65.5 Å². The van der Waals surface area contributed by atoms with Crippen molar-refractivity contribution < 1.29 is 19.1 Å². The third-order valence-electron chi connectivity index (χ3n) is 4.33. The highest BCUT2D eigenvalue weighted by Crippen LogP contribution is 2.26. The minimum atomic E-state index is -0.755. The van der Waals surface area contributed by atoms with Crippen LogP contribution in [0.4, 0.5) is 5.69 Å². The fourth-order valence-corrected chi connectivity index (χ4v) is 2.97. The van der Waals surface area contributed by atoms with Crippen LogP contribution in [0.3, 0.4) is 0 Å². The lowest BCUT2D eigenvalue weighted by Gasteiger charge is -2.10. The molecule has 7 nitrogen and oxygen atoms in total. The Balaban J connectivity index is 1.89. The van der Waals surface area contributed by atoms with Gasteiger partial charge in [-0.1, -0.05) is 18.2 Å². The maximum atomic E-state index is 12.8. The van der Waals surface area contributed by atoms with E-state index in [1.54, 1.807) is 36.7 Å². The van der Waals surface area contributed by atoms with Gasteiger partial charge in [0.25, 0.3) is 11.7 Å². The number of nitrogens with one attached hydrogen (secondary N) is 1. The molecular formula is C21H21N3O4. The van der Waals surface area contributed by atoms with E-state index in [2.05, 4.69) is 10.4 Å². The normalized spacial score (nSPS) is 10.4. The SMILES string of the molecule is COc1cc(NC(=O)C(=O)c2c(C)nn(-c3ccccc3)c2C)cc(OC)c1. The Morgan fingerprint density at radius 1 is 0.964 bits per heavy atom. The summed E-state index contributed by atoms with van der Waals surface area (Å²) in [6.07, 6.45) is 0. The number of hydrogen-bond donors (Lipinski definition) is 1. The number of rotatable bonds is 6. The largest absolute Gasteiger partial charge is 0.497 e. The standard InChI is InChI=1S/C21H21N3O4/c1-13-19(14(2)24(23-13)16-8-6-5-7-9-16)20(25)21(26)22-15-10-17(27-3)12-18(11-15)28-4/h5-12H,1-4H3,(H,22,26). The lowest BCUT2D eigenvalue weighted by Crippen LogP contribution is -2.24. The molecule has 0 aliphatic carbocycles. The summed E-state index contributed by atoms with van der Waals surface area (Å²) in [5.41, 5.74) is 2.61. The molecule has 1 amide bonds. The topological polar surface area (TPSA) is 82.5 Å². The first-order chi connectivity index (χ1) is 13.4. The second-order valence-corrected chi connectivity index (χ2v) is 6.18. The van der Waals surface area contributed by atoms with Gasteiger partial charge in [0, 0.05) is 23.9 Å². The van der Waals surface area contributed by atoms with Crippen LogP contribution in [0.2, 0.25) is 0 Å². The number of hydrogen-bond acceptors (Lipinski definition) is 5. The number of ether oxygens (including phenoxy) is 2. The van der Waals surface area contributed by atoms with Crippen LogP contribution in [0.15, 0.2) is 48.5 Å². The zero-order valence-corrected chi connectivity index (χ0v) is 16.1. The van der Waals surface area contributed by atoms with Gasteiger partial charge in [-0.2, -0.15) is 5.10 Å². The number of aryl methyl sites for hydroxylation is 1. The number of amides is 1. The average molecular weight is 379 g/mol. The molecule has 0 fully saturated rings. The third kappa shape index (κ3) is 3.73. The number of aromatic nitrogens is 2. The Morgan fingerprint density at radius 2 is 1.57 bits per heavy atom.